The fourth-order valence-corrected chi connectivity index (χ4v) is 2.07. The molecule has 0 fully saturated rings. The predicted octanol–water partition coefficient (Wildman–Crippen LogP) is 5.62. The van der Waals surface area contributed by atoms with Gasteiger partial charge in [-0.1, -0.05) is 71.3 Å². The maximum absolute atomic E-state index is 8.48. The molecule has 0 aromatic carbocycles. The quantitative estimate of drug-likeness (QED) is 0.358. The Morgan fingerprint density at radius 3 is 2.19 bits per heavy atom. The Kier molecular flexibility index (Phi) is 12.2. The first-order chi connectivity index (χ1) is 7.81. The van der Waals surface area contributed by atoms with Crippen molar-refractivity contribution in [3.8, 4) is 0 Å². The van der Waals surface area contributed by atoms with E-state index in [0.29, 0.717) is 0 Å². The van der Waals surface area contributed by atoms with Gasteiger partial charge in [-0.05, 0) is 18.8 Å². The molecule has 0 aliphatic rings. The van der Waals surface area contributed by atoms with Gasteiger partial charge in [0.1, 0.15) is 0 Å². The van der Waals surface area contributed by atoms with Gasteiger partial charge in [-0.25, -0.2) is 0 Å². The van der Waals surface area contributed by atoms with E-state index >= 15 is 0 Å². The Morgan fingerprint density at radius 2 is 1.56 bits per heavy atom. The molecule has 96 valence electrons. The summed E-state index contributed by atoms with van der Waals surface area (Å²) < 4.78 is 0. The molecule has 1 unspecified atom stereocenters. The molecule has 16 heavy (non-hydrogen) atoms. The molecule has 1 atom stereocenters. The zero-order chi connectivity index (χ0) is 12.1. The minimum Gasteiger partial charge on any atom is -0.516 e. The Hall–Kier alpha value is -0.460. The molecule has 0 bridgehead atoms. The first-order valence-electron chi connectivity index (χ1n) is 7.10. The van der Waals surface area contributed by atoms with Crippen molar-refractivity contribution >= 4 is 0 Å². The van der Waals surface area contributed by atoms with E-state index in [-0.39, 0.29) is 0 Å². The maximum atomic E-state index is 8.48. The summed E-state index contributed by atoms with van der Waals surface area (Å²) >= 11 is 0. The van der Waals surface area contributed by atoms with E-state index in [1.807, 2.05) is 6.08 Å². The number of allylic oxidation sites excluding steroid dienone is 1. The lowest BCUT2D eigenvalue weighted by atomic mass is 9.96. The molecule has 0 amide bonds. The molecule has 1 heteroatoms. The van der Waals surface area contributed by atoms with Crippen LogP contribution in [-0.2, 0) is 0 Å². The number of hydrogen-bond acceptors (Lipinski definition) is 1. The highest BCUT2D eigenvalue weighted by Crippen LogP contribution is 2.17. The van der Waals surface area contributed by atoms with Crippen molar-refractivity contribution in [2.45, 2.75) is 78.1 Å². The summed E-state index contributed by atoms with van der Waals surface area (Å²) in [5.41, 5.74) is 0. The molecule has 0 aromatic heterocycles. The van der Waals surface area contributed by atoms with Crippen molar-refractivity contribution in [3.05, 3.63) is 12.3 Å². The second kappa shape index (κ2) is 12.6. The topological polar surface area (TPSA) is 20.2 Å². The van der Waals surface area contributed by atoms with Crippen LogP contribution in [0.25, 0.3) is 0 Å². The van der Waals surface area contributed by atoms with Crippen LogP contribution in [-0.4, -0.2) is 5.11 Å². The van der Waals surface area contributed by atoms with Gasteiger partial charge in [0, 0.05) is 0 Å². The van der Waals surface area contributed by atoms with Crippen molar-refractivity contribution < 1.29 is 5.11 Å². The molecule has 0 rings (SSSR count). The number of hydrogen-bond donors (Lipinski definition) is 1. The molecule has 1 nitrogen and oxygen atoms in total. The molecule has 1 N–H and O–H groups in total. The lowest BCUT2D eigenvalue weighted by Gasteiger charge is -2.10. The van der Waals surface area contributed by atoms with Crippen molar-refractivity contribution in [2.75, 3.05) is 0 Å². The van der Waals surface area contributed by atoms with Crippen LogP contribution in [0.2, 0.25) is 0 Å². The molecular weight excluding hydrogens is 196 g/mol. The minimum atomic E-state index is 0.889. The average molecular weight is 226 g/mol. The highest BCUT2D eigenvalue weighted by atomic mass is 16.2. The second-order valence-electron chi connectivity index (χ2n) is 4.98. The van der Waals surface area contributed by atoms with Crippen LogP contribution in [0.3, 0.4) is 0 Å². The van der Waals surface area contributed by atoms with Gasteiger partial charge in [0.2, 0.25) is 0 Å². The average Bonchev–Trinajstić information content (AvgIpc) is 2.28. The summed E-state index contributed by atoms with van der Waals surface area (Å²) in [6.45, 7) is 4.64. The zero-order valence-corrected chi connectivity index (χ0v) is 11.3. The van der Waals surface area contributed by atoms with Crippen LogP contribution in [0.1, 0.15) is 78.1 Å². The van der Waals surface area contributed by atoms with E-state index in [1.54, 1.807) is 0 Å². The molecule has 0 spiro atoms. The second-order valence-corrected chi connectivity index (χ2v) is 4.98. The first-order valence-corrected chi connectivity index (χ1v) is 7.10. The zero-order valence-electron chi connectivity index (χ0n) is 11.3. The van der Waals surface area contributed by atoms with E-state index in [0.717, 1.165) is 18.6 Å². The Balaban J connectivity index is 3.14. The SMILES string of the molecule is CCCCCCCC(C)CCCC/C=C\O. The van der Waals surface area contributed by atoms with Crippen molar-refractivity contribution in [3.63, 3.8) is 0 Å². The maximum Gasteiger partial charge on any atom is 0.0751 e. The third-order valence-corrected chi connectivity index (χ3v) is 3.22. The molecular formula is C15H30O. The van der Waals surface area contributed by atoms with Crippen molar-refractivity contribution in [2.24, 2.45) is 5.92 Å². The van der Waals surface area contributed by atoms with Gasteiger partial charge in [0.25, 0.3) is 0 Å². The lowest BCUT2D eigenvalue weighted by molar-refractivity contribution is 0.437. The summed E-state index contributed by atoms with van der Waals surface area (Å²) in [4.78, 5) is 0. The van der Waals surface area contributed by atoms with Gasteiger partial charge in [-0.2, -0.15) is 0 Å². The van der Waals surface area contributed by atoms with Gasteiger partial charge < -0.3 is 5.11 Å². The molecule has 0 saturated heterocycles. The normalized spacial score (nSPS) is 13.4. The number of aliphatic hydroxyl groups excluding tert-OH is 1. The molecule has 0 heterocycles. The summed E-state index contributed by atoms with van der Waals surface area (Å²) in [6.07, 6.45) is 16.3. The Bertz CT molecular complexity index is 152. The number of unbranched alkanes of at least 4 members (excludes halogenated alkanes) is 6. The molecule has 0 saturated carbocycles. The van der Waals surface area contributed by atoms with Crippen LogP contribution in [0.15, 0.2) is 12.3 Å². The third kappa shape index (κ3) is 11.6. The standard InChI is InChI=1S/C15H30O/c1-3-4-5-6-9-12-15(2)13-10-7-8-11-14-16/h11,14-16H,3-10,12-13H2,1-2H3/b14-11-. The summed E-state index contributed by atoms with van der Waals surface area (Å²) in [5.74, 6) is 0.889. The summed E-state index contributed by atoms with van der Waals surface area (Å²) in [5, 5.41) is 8.48. The highest BCUT2D eigenvalue weighted by molar-refractivity contribution is 4.71. The summed E-state index contributed by atoms with van der Waals surface area (Å²) in [7, 11) is 0. The Morgan fingerprint density at radius 1 is 0.938 bits per heavy atom. The molecule has 0 radical (unpaired) electrons. The fourth-order valence-electron chi connectivity index (χ4n) is 2.07. The van der Waals surface area contributed by atoms with Gasteiger partial charge in [-0.15, -0.1) is 0 Å². The third-order valence-electron chi connectivity index (χ3n) is 3.22. The predicted molar refractivity (Wildman–Crippen MR) is 72.8 cm³/mol. The van der Waals surface area contributed by atoms with Crippen LogP contribution in [0, 0.1) is 5.92 Å². The van der Waals surface area contributed by atoms with Gasteiger partial charge >= 0.3 is 0 Å². The monoisotopic (exact) mass is 226 g/mol. The molecule has 0 aromatic rings. The summed E-state index contributed by atoms with van der Waals surface area (Å²) in [6, 6.07) is 0. The van der Waals surface area contributed by atoms with Gasteiger partial charge in [0.15, 0.2) is 0 Å². The van der Waals surface area contributed by atoms with Crippen LogP contribution in [0.5, 0.6) is 0 Å². The molecule has 0 aliphatic carbocycles. The van der Waals surface area contributed by atoms with Crippen molar-refractivity contribution in [1.29, 1.82) is 0 Å². The molecule has 0 aliphatic heterocycles. The van der Waals surface area contributed by atoms with E-state index < -0.39 is 0 Å². The first kappa shape index (κ1) is 15.5. The minimum absolute atomic E-state index is 0.889. The fraction of sp³-hybridized carbons (Fsp3) is 0.867. The number of rotatable bonds is 11. The van der Waals surface area contributed by atoms with E-state index in [2.05, 4.69) is 13.8 Å². The number of aliphatic hydroxyl groups is 1. The van der Waals surface area contributed by atoms with E-state index in [9.17, 15) is 0 Å². The largest absolute Gasteiger partial charge is 0.516 e. The smallest absolute Gasteiger partial charge is 0.0751 e. The Labute approximate surface area is 102 Å². The lowest BCUT2D eigenvalue weighted by Crippen LogP contribution is -1.94. The van der Waals surface area contributed by atoms with Crippen LogP contribution < -0.4 is 0 Å². The van der Waals surface area contributed by atoms with Crippen molar-refractivity contribution in [1.82, 2.24) is 0 Å². The highest BCUT2D eigenvalue weighted by Gasteiger charge is 2.01. The van der Waals surface area contributed by atoms with Gasteiger partial charge in [-0.3, -0.25) is 0 Å². The van der Waals surface area contributed by atoms with E-state index in [1.165, 1.54) is 57.8 Å². The van der Waals surface area contributed by atoms with Crippen LogP contribution in [0.4, 0.5) is 0 Å². The van der Waals surface area contributed by atoms with Gasteiger partial charge in [0.05, 0.1) is 6.26 Å². The van der Waals surface area contributed by atoms with Crippen LogP contribution >= 0.6 is 0 Å². The van der Waals surface area contributed by atoms with E-state index in [4.69, 9.17) is 5.11 Å².